The van der Waals surface area contributed by atoms with Crippen molar-refractivity contribution in [2.24, 2.45) is 0 Å². The average Bonchev–Trinajstić information content (AvgIpc) is 2.48. The van der Waals surface area contributed by atoms with Crippen LogP contribution in [0, 0.1) is 0 Å². The van der Waals surface area contributed by atoms with Crippen LogP contribution in [0.25, 0.3) is 0 Å². The van der Waals surface area contributed by atoms with Crippen LogP contribution >= 0.6 is 0 Å². The summed E-state index contributed by atoms with van der Waals surface area (Å²) in [5.41, 5.74) is 0.551. The van der Waals surface area contributed by atoms with Gasteiger partial charge in [-0.1, -0.05) is 0 Å². The highest BCUT2D eigenvalue weighted by Crippen LogP contribution is 2.13. The Hall–Kier alpha value is -0.800. The first-order chi connectivity index (χ1) is 6.53. The largest absolute Gasteiger partial charge is 0.395 e. The van der Waals surface area contributed by atoms with E-state index in [2.05, 4.69) is 0 Å². The molecule has 1 aromatic rings. The lowest BCUT2D eigenvalue weighted by molar-refractivity contribution is 0.0708. The summed E-state index contributed by atoms with van der Waals surface area (Å²) in [6.07, 6.45) is 3.54. The Morgan fingerprint density at radius 2 is 2.14 bits per heavy atom. The number of hydrogen-bond donors (Lipinski definition) is 2. The van der Waals surface area contributed by atoms with Crippen molar-refractivity contribution in [3.8, 4) is 0 Å². The van der Waals surface area contributed by atoms with Gasteiger partial charge in [-0.3, -0.25) is 0 Å². The van der Waals surface area contributed by atoms with E-state index in [1.54, 1.807) is 0 Å². The average molecular weight is 197 g/mol. The molecule has 0 amide bonds. The molecule has 0 aliphatic heterocycles. The van der Waals surface area contributed by atoms with Crippen LogP contribution in [0.5, 0.6) is 0 Å². The van der Waals surface area contributed by atoms with Crippen LogP contribution in [-0.2, 0) is 13.0 Å². The number of nitrogens with zero attached hydrogens (tertiary/aromatic N) is 1. The monoisotopic (exact) mass is 197 g/mol. The standard InChI is InChI=1S/C11H19NO2/c1-11(2,14)6-5-10-4-3-7-12(10)8-9-13/h3-4,7,13-14H,5-6,8-9H2,1-2H3. The fraction of sp³-hybridized carbons (Fsp3) is 0.636. The van der Waals surface area contributed by atoms with E-state index in [4.69, 9.17) is 5.11 Å². The molecule has 0 atom stereocenters. The highest BCUT2D eigenvalue weighted by atomic mass is 16.3. The third-order valence-corrected chi connectivity index (χ3v) is 2.26. The molecule has 0 spiro atoms. The second kappa shape index (κ2) is 4.62. The van der Waals surface area contributed by atoms with E-state index < -0.39 is 5.60 Å². The quantitative estimate of drug-likeness (QED) is 0.744. The molecule has 0 radical (unpaired) electrons. The Morgan fingerprint density at radius 1 is 1.43 bits per heavy atom. The van der Waals surface area contributed by atoms with Gasteiger partial charge in [0.15, 0.2) is 0 Å². The first-order valence-electron chi connectivity index (χ1n) is 5.00. The molecule has 3 heteroatoms. The first-order valence-corrected chi connectivity index (χ1v) is 5.00. The van der Waals surface area contributed by atoms with Gasteiger partial charge in [-0.25, -0.2) is 0 Å². The molecule has 0 saturated heterocycles. The maximum atomic E-state index is 9.58. The van der Waals surface area contributed by atoms with Gasteiger partial charge >= 0.3 is 0 Å². The van der Waals surface area contributed by atoms with Crippen LogP contribution in [0.2, 0.25) is 0 Å². The van der Waals surface area contributed by atoms with E-state index in [9.17, 15) is 5.11 Å². The molecule has 0 aliphatic carbocycles. The van der Waals surface area contributed by atoms with Gasteiger partial charge in [-0.2, -0.15) is 0 Å². The summed E-state index contributed by atoms with van der Waals surface area (Å²) in [6.45, 7) is 4.41. The van der Waals surface area contributed by atoms with E-state index in [0.717, 1.165) is 12.8 Å². The van der Waals surface area contributed by atoms with Crippen LogP contribution in [0.4, 0.5) is 0 Å². The summed E-state index contributed by atoms with van der Waals surface area (Å²) in [6, 6.07) is 4.00. The molecule has 14 heavy (non-hydrogen) atoms. The lowest BCUT2D eigenvalue weighted by Gasteiger charge is -2.17. The van der Waals surface area contributed by atoms with Gasteiger partial charge in [0.1, 0.15) is 0 Å². The fourth-order valence-corrected chi connectivity index (χ4v) is 1.44. The van der Waals surface area contributed by atoms with Crippen molar-refractivity contribution in [1.82, 2.24) is 4.57 Å². The van der Waals surface area contributed by atoms with Crippen molar-refractivity contribution >= 4 is 0 Å². The predicted octanol–water partition coefficient (Wildman–Crippen LogP) is 1.18. The number of hydrogen-bond acceptors (Lipinski definition) is 2. The molecule has 80 valence electrons. The Kier molecular flexibility index (Phi) is 3.72. The van der Waals surface area contributed by atoms with Gasteiger partial charge in [-0.05, 0) is 38.8 Å². The van der Waals surface area contributed by atoms with Gasteiger partial charge in [0.25, 0.3) is 0 Å². The first kappa shape index (κ1) is 11.3. The maximum absolute atomic E-state index is 9.58. The Morgan fingerprint density at radius 3 is 2.71 bits per heavy atom. The number of aromatic nitrogens is 1. The Bertz CT molecular complexity index is 273. The topological polar surface area (TPSA) is 45.4 Å². The third kappa shape index (κ3) is 3.52. The van der Waals surface area contributed by atoms with Gasteiger partial charge in [0.2, 0.25) is 0 Å². The molecule has 1 aromatic heterocycles. The molecule has 1 rings (SSSR count). The molecule has 0 unspecified atom stereocenters. The van der Waals surface area contributed by atoms with Gasteiger partial charge in [0.05, 0.1) is 12.2 Å². The SMILES string of the molecule is CC(C)(O)CCc1cccn1CCO. The van der Waals surface area contributed by atoms with Gasteiger partial charge in [-0.15, -0.1) is 0 Å². The highest BCUT2D eigenvalue weighted by molar-refractivity contribution is 5.07. The minimum Gasteiger partial charge on any atom is -0.395 e. The summed E-state index contributed by atoms with van der Waals surface area (Å²) in [5.74, 6) is 0. The van der Waals surface area contributed by atoms with Crippen LogP contribution in [0.1, 0.15) is 26.0 Å². The predicted molar refractivity (Wildman–Crippen MR) is 56.1 cm³/mol. The summed E-state index contributed by atoms with van der Waals surface area (Å²) in [7, 11) is 0. The number of aliphatic hydroxyl groups excluding tert-OH is 1. The molecular formula is C11H19NO2. The van der Waals surface area contributed by atoms with Crippen molar-refractivity contribution < 1.29 is 10.2 Å². The van der Waals surface area contributed by atoms with E-state index in [0.29, 0.717) is 6.54 Å². The smallest absolute Gasteiger partial charge is 0.0610 e. The van der Waals surface area contributed by atoms with Crippen LogP contribution in [-0.4, -0.2) is 27.0 Å². The third-order valence-electron chi connectivity index (χ3n) is 2.26. The number of rotatable bonds is 5. The summed E-state index contributed by atoms with van der Waals surface area (Å²) in [4.78, 5) is 0. The molecule has 0 bridgehead atoms. The minimum absolute atomic E-state index is 0.157. The van der Waals surface area contributed by atoms with E-state index in [1.165, 1.54) is 5.69 Å². The minimum atomic E-state index is -0.617. The zero-order valence-electron chi connectivity index (χ0n) is 8.90. The summed E-state index contributed by atoms with van der Waals surface area (Å²) >= 11 is 0. The second-order valence-corrected chi connectivity index (χ2v) is 4.23. The van der Waals surface area contributed by atoms with Gasteiger partial charge in [0, 0.05) is 18.4 Å². The van der Waals surface area contributed by atoms with Gasteiger partial charge < -0.3 is 14.8 Å². The Labute approximate surface area is 85.0 Å². The van der Waals surface area contributed by atoms with Crippen molar-refractivity contribution in [3.63, 3.8) is 0 Å². The van der Waals surface area contributed by atoms with E-state index in [1.807, 2.05) is 36.7 Å². The number of aryl methyl sites for hydroxylation is 1. The molecule has 1 heterocycles. The zero-order chi connectivity index (χ0) is 10.6. The van der Waals surface area contributed by atoms with Crippen LogP contribution < -0.4 is 0 Å². The maximum Gasteiger partial charge on any atom is 0.0610 e. The van der Waals surface area contributed by atoms with E-state index in [-0.39, 0.29) is 6.61 Å². The van der Waals surface area contributed by atoms with Crippen molar-refractivity contribution in [2.45, 2.75) is 38.8 Å². The molecular weight excluding hydrogens is 178 g/mol. The molecule has 3 nitrogen and oxygen atoms in total. The summed E-state index contributed by atoms with van der Waals surface area (Å²) < 4.78 is 2.02. The zero-order valence-corrected chi connectivity index (χ0v) is 8.90. The van der Waals surface area contributed by atoms with Crippen molar-refractivity contribution in [3.05, 3.63) is 24.0 Å². The molecule has 0 aliphatic rings. The lowest BCUT2D eigenvalue weighted by Crippen LogP contribution is -2.20. The molecule has 0 fully saturated rings. The molecule has 0 aromatic carbocycles. The van der Waals surface area contributed by atoms with Crippen LogP contribution in [0.3, 0.4) is 0 Å². The normalized spacial score (nSPS) is 12.0. The summed E-state index contributed by atoms with van der Waals surface area (Å²) in [5, 5.41) is 18.4. The fourth-order valence-electron chi connectivity index (χ4n) is 1.44. The van der Waals surface area contributed by atoms with E-state index >= 15 is 0 Å². The lowest BCUT2D eigenvalue weighted by atomic mass is 10.0. The second-order valence-electron chi connectivity index (χ2n) is 4.23. The molecule has 2 N–H and O–H groups in total. The number of aliphatic hydroxyl groups is 2. The highest BCUT2D eigenvalue weighted by Gasteiger charge is 2.13. The van der Waals surface area contributed by atoms with Crippen molar-refractivity contribution in [1.29, 1.82) is 0 Å². The molecule has 0 saturated carbocycles. The van der Waals surface area contributed by atoms with Crippen LogP contribution in [0.15, 0.2) is 18.3 Å². The Balaban J connectivity index is 2.53. The van der Waals surface area contributed by atoms with Crippen molar-refractivity contribution in [2.75, 3.05) is 6.61 Å².